The van der Waals surface area contributed by atoms with Crippen molar-refractivity contribution in [3.05, 3.63) is 0 Å². The maximum absolute atomic E-state index is 5.46. The molecule has 1 saturated heterocycles. The van der Waals surface area contributed by atoms with Gasteiger partial charge in [-0.3, -0.25) is 4.99 Å². The molecule has 4 heteroatoms. The van der Waals surface area contributed by atoms with Crippen molar-refractivity contribution in [2.75, 3.05) is 20.2 Å². The standard InChI is InChI=1S/C8H17N3O/c1-10-8(9)11-5-4-7-3-2-6-12-7/h7H,2-6H2,1H3,(H3,9,10,11). The van der Waals surface area contributed by atoms with Crippen molar-refractivity contribution in [1.29, 1.82) is 0 Å². The Bertz CT molecular complexity index is 152. The van der Waals surface area contributed by atoms with Crippen LogP contribution in [0.3, 0.4) is 0 Å². The van der Waals surface area contributed by atoms with Crippen molar-refractivity contribution >= 4 is 5.96 Å². The molecule has 1 rings (SSSR count). The highest BCUT2D eigenvalue weighted by Crippen LogP contribution is 2.14. The van der Waals surface area contributed by atoms with Crippen LogP contribution in [0.25, 0.3) is 0 Å². The molecule has 0 aromatic rings. The summed E-state index contributed by atoms with van der Waals surface area (Å²) in [4.78, 5) is 3.80. The van der Waals surface area contributed by atoms with Gasteiger partial charge in [0.2, 0.25) is 0 Å². The Kier molecular flexibility index (Phi) is 3.87. The fraction of sp³-hybridized carbons (Fsp3) is 0.875. The molecule has 1 aliphatic rings. The third-order valence-corrected chi connectivity index (χ3v) is 2.04. The lowest BCUT2D eigenvalue weighted by Crippen LogP contribution is -2.33. The Labute approximate surface area is 73.2 Å². The first-order valence-electron chi connectivity index (χ1n) is 4.40. The maximum Gasteiger partial charge on any atom is 0.188 e. The molecule has 4 nitrogen and oxygen atoms in total. The zero-order chi connectivity index (χ0) is 8.81. The van der Waals surface area contributed by atoms with Crippen molar-refractivity contribution in [2.24, 2.45) is 10.7 Å². The van der Waals surface area contributed by atoms with Crippen LogP contribution in [-0.4, -0.2) is 32.3 Å². The highest BCUT2D eigenvalue weighted by molar-refractivity contribution is 5.77. The van der Waals surface area contributed by atoms with Crippen LogP contribution in [0.1, 0.15) is 19.3 Å². The van der Waals surface area contributed by atoms with Crippen molar-refractivity contribution in [2.45, 2.75) is 25.4 Å². The molecule has 0 saturated carbocycles. The molecule has 0 radical (unpaired) electrons. The highest BCUT2D eigenvalue weighted by atomic mass is 16.5. The predicted octanol–water partition coefficient (Wildman–Crippen LogP) is 0.0896. The smallest absolute Gasteiger partial charge is 0.188 e. The molecule has 70 valence electrons. The molecule has 1 atom stereocenters. The van der Waals surface area contributed by atoms with E-state index >= 15 is 0 Å². The highest BCUT2D eigenvalue weighted by Gasteiger charge is 2.14. The molecule has 1 heterocycles. The lowest BCUT2D eigenvalue weighted by atomic mass is 10.2. The molecule has 0 aromatic carbocycles. The number of nitrogens with zero attached hydrogens (tertiary/aromatic N) is 1. The molecule has 0 aromatic heterocycles. The summed E-state index contributed by atoms with van der Waals surface area (Å²) in [5.41, 5.74) is 5.46. The van der Waals surface area contributed by atoms with E-state index in [0.717, 1.165) is 19.6 Å². The molecular weight excluding hydrogens is 154 g/mol. The van der Waals surface area contributed by atoms with Crippen LogP contribution in [-0.2, 0) is 4.74 Å². The molecule has 0 bridgehead atoms. The van der Waals surface area contributed by atoms with Gasteiger partial charge in [0.05, 0.1) is 6.10 Å². The second kappa shape index (κ2) is 4.98. The second-order valence-electron chi connectivity index (χ2n) is 2.96. The average Bonchev–Trinajstić information content (AvgIpc) is 2.57. The van der Waals surface area contributed by atoms with Crippen LogP contribution in [0.5, 0.6) is 0 Å². The molecule has 1 unspecified atom stereocenters. The second-order valence-corrected chi connectivity index (χ2v) is 2.96. The van der Waals surface area contributed by atoms with E-state index in [2.05, 4.69) is 10.3 Å². The summed E-state index contributed by atoms with van der Waals surface area (Å²) in [6.07, 6.45) is 3.84. The number of nitrogens with one attached hydrogen (secondary N) is 1. The minimum atomic E-state index is 0.433. The summed E-state index contributed by atoms with van der Waals surface area (Å²) in [5, 5.41) is 3.01. The van der Waals surface area contributed by atoms with E-state index in [1.54, 1.807) is 7.05 Å². The minimum absolute atomic E-state index is 0.433. The van der Waals surface area contributed by atoms with Gasteiger partial charge in [0.1, 0.15) is 0 Å². The molecule has 0 amide bonds. The summed E-state index contributed by atoms with van der Waals surface area (Å²) in [6, 6.07) is 0. The number of guanidine groups is 1. The Morgan fingerprint density at radius 1 is 1.75 bits per heavy atom. The Hall–Kier alpha value is -0.770. The maximum atomic E-state index is 5.46. The average molecular weight is 171 g/mol. The topological polar surface area (TPSA) is 59.6 Å². The number of hydrogen-bond donors (Lipinski definition) is 2. The van der Waals surface area contributed by atoms with Crippen LogP contribution in [0, 0.1) is 0 Å². The van der Waals surface area contributed by atoms with Gasteiger partial charge in [0.15, 0.2) is 5.96 Å². The third kappa shape index (κ3) is 3.09. The molecule has 1 fully saturated rings. The first kappa shape index (κ1) is 9.32. The molecule has 1 aliphatic heterocycles. The van der Waals surface area contributed by atoms with Gasteiger partial charge in [-0.25, -0.2) is 0 Å². The minimum Gasteiger partial charge on any atom is -0.378 e. The van der Waals surface area contributed by atoms with Crippen molar-refractivity contribution in [1.82, 2.24) is 5.32 Å². The lowest BCUT2D eigenvalue weighted by Gasteiger charge is -2.09. The van der Waals surface area contributed by atoms with Gasteiger partial charge < -0.3 is 15.8 Å². The summed E-state index contributed by atoms with van der Waals surface area (Å²) < 4.78 is 5.45. The number of aliphatic imine (C=N–C) groups is 1. The van der Waals surface area contributed by atoms with E-state index in [-0.39, 0.29) is 0 Å². The van der Waals surface area contributed by atoms with E-state index < -0.39 is 0 Å². The van der Waals surface area contributed by atoms with E-state index in [9.17, 15) is 0 Å². The largest absolute Gasteiger partial charge is 0.378 e. The summed E-state index contributed by atoms with van der Waals surface area (Å²) in [6.45, 7) is 1.77. The summed E-state index contributed by atoms with van der Waals surface area (Å²) in [5.74, 6) is 0.507. The van der Waals surface area contributed by atoms with Gasteiger partial charge in [-0.1, -0.05) is 0 Å². The zero-order valence-corrected chi connectivity index (χ0v) is 7.55. The SMILES string of the molecule is CN=C(N)NCCC1CCCO1. The molecular formula is C8H17N3O. The lowest BCUT2D eigenvalue weighted by molar-refractivity contribution is 0.105. The molecule has 3 N–H and O–H groups in total. The molecule has 12 heavy (non-hydrogen) atoms. The van der Waals surface area contributed by atoms with Gasteiger partial charge in [-0.2, -0.15) is 0 Å². The Morgan fingerprint density at radius 2 is 2.58 bits per heavy atom. The first-order valence-corrected chi connectivity index (χ1v) is 4.40. The number of rotatable bonds is 3. The zero-order valence-electron chi connectivity index (χ0n) is 7.55. The summed E-state index contributed by atoms with van der Waals surface area (Å²) in [7, 11) is 1.68. The van der Waals surface area contributed by atoms with E-state index in [0.29, 0.717) is 12.1 Å². The molecule has 0 aliphatic carbocycles. The van der Waals surface area contributed by atoms with Crippen LogP contribution in [0.2, 0.25) is 0 Å². The van der Waals surface area contributed by atoms with Crippen LogP contribution in [0.15, 0.2) is 4.99 Å². The number of nitrogens with two attached hydrogens (primary N) is 1. The van der Waals surface area contributed by atoms with Crippen LogP contribution < -0.4 is 11.1 Å². The van der Waals surface area contributed by atoms with Crippen molar-refractivity contribution in [3.8, 4) is 0 Å². The Morgan fingerprint density at radius 3 is 3.17 bits per heavy atom. The van der Waals surface area contributed by atoms with Gasteiger partial charge in [-0.15, -0.1) is 0 Å². The first-order chi connectivity index (χ1) is 5.83. The number of ether oxygens (including phenoxy) is 1. The third-order valence-electron chi connectivity index (χ3n) is 2.04. The fourth-order valence-corrected chi connectivity index (χ4v) is 1.31. The van der Waals surface area contributed by atoms with Gasteiger partial charge >= 0.3 is 0 Å². The van der Waals surface area contributed by atoms with E-state index in [4.69, 9.17) is 10.5 Å². The van der Waals surface area contributed by atoms with Crippen LogP contribution >= 0.6 is 0 Å². The van der Waals surface area contributed by atoms with E-state index in [1.165, 1.54) is 12.8 Å². The van der Waals surface area contributed by atoms with Crippen molar-refractivity contribution < 1.29 is 4.74 Å². The van der Waals surface area contributed by atoms with Crippen molar-refractivity contribution in [3.63, 3.8) is 0 Å². The quantitative estimate of drug-likeness (QED) is 0.467. The van der Waals surface area contributed by atoms with E-state index in [1.807, 2.05) is 0 Å². The van der Waals surface area contributed by atoms with Gasteiger partial charge in [-0.05, 0) is 19.3 Å². The summed E-state index contributed by atoms with van der Waals surface area (Å²) >= 11 is 0. The van der Waals surface area contributed by atoms with Crippen LogP contribution in [0.4, 0.5) is 0 Å². The molecule has 0 spiro atoms. The predicted molar refractivity (Wildman–Crippen MR) is 49.1 cm³/mol. The fourth-order valence-electron chi connectivity index (χ4n) is 1.31. The monoisotopic (exact) mass is 171 g/mol. The van der Waals surface area contributed by atoms with Gasteiger partial charge in [0.25, 0.3) is 0 Å². The Balaban J connectivity index is 2.01. The van der Waals surface area contributed by atoms with Gasteiger partial charge in [0, 0.05) is 20.2 Å². The number of hydrogen-bond acceptors (Lipinski definition) is 2. The normalized spacial score (nSPS) is 24.4.